The predicted octanol–water partition coefficient (Wildman–Crippen LogP) is 2.33. The highest BCUT2D eigenvalue weighted by atomic mass is 16.7. The Balaban J connectivity index is 1.98. The van der Waals surface area contributed by atoms with Crippen LogP contribution in [0.5, 0.6) is 11.5 Å². The average molecular weight is 299 g/mol. The molecule has 3 rings (SSSR count). The van der Waals surface area contributed by atoms with E-state index in [0.717, 1.165) is 11.3 Å². The summed E-state index contributed by atoms with van der Waals surface area (Å²) in [7, 11) is 0. The van der Waals surface area contributed by atoms with Gasteiger partial charge in [0.1, 0.15) is 11.5 Å². The minimum atomic E-state index is -1.27. The lowest BCUT2D eigenvalue weighted by Crippen LogP contribution is -2.43. The third-order valence-corrected chi connectivity index (χ3v) is 3.70. The van der Waals surface area contributed by atoms with Crippen LogP contribution in [0.15, 0.2) is 48.5 Å². The second-order valence-electron chi connectivity index (χ2n) is 5.25. The largest absolute Gasteiger partial charge is 0.473 e. The fraction of sp³-hybridized carbons (Fsp3) is 0.235. The molecule has 2 aromatic carbocycles. The molecule has 0 radical (unpaired) electrons. The Morgan fingerprint density at radius 3 is 2.73 bits per heavy atom. The number of primary amides is 1. The van der Waals surface area contributed by atoms with E-state index in [0.29, 0.717) is 17.9 Å². The zero-order valence-corrected chi connectivity index (χ0v) is 12.2. The van der Waals surface area contributed by atoms with Crippen LogP contribution in [0.1, 0.15) is 18.1 Å². The van der Waals surface area contributed by atoms with E-state index in [-0.39, 0.29) is 6.79 Å². The van der Waals surface area contributed by atoms with Gasteiger partial charge in [-0.15, -0.1) is 0 Å². The summed E-state index contributed by atoms with van der Waals surface area (Å²) in [6, 6.07) is 14.6. The predicted molar refractivity (Wildman–Crippen MR) is 80.3 cm³/mol. The molecule has 1 aliphatic rings. The minimum absolute atomic E-state index is 0.236. The monoisotopic (exact) mass is 299 g/mol. The van der Waals surface area contributed by atoms with E-state index in [2.05, 4.69) is 0 Å². The van der Waals surface area contributed by atoms with Crippen LogP contribution in [0.3, 0.4) is 0 Å². The van der Waals surface area contributed by atoms with Gasteiger partial charge in [-0.2, -0.15) is 0 Å². The van der Waals surface area contributed by atoms with Crippen molar-refractivity contribution in [2.75, 3.05) is 6.79 Å². The molecule has 2 N–H and O–H groups in total. The zero-order valence-electron chi connectivity index (χ0n) is 12.2. The van der Waals surface area contributed by atoms with E-state index in [1.807, 2.05) is 30.3 Å². The average Bonchev–Trinajstić information content (AvgIpc) is 2.55. The van der Waals surface area contributed by atoms with Crippen LogP contribution >= 0.6 is 0 Å². The molecule has 0 spiro atoms. The summed E-state index contributed by atoms with van der Waals surface area (Å²) in [6.07, 6.45) is 0. The van der Waals surface area contributed by atoms with Crippen LogP contribution in [0.4, 0.5) is 0 Å². The summed E-state index contributed by atoms with van der Waals surface area (Å²) in [4.78, 5) is 12.0. The number of rotatable bonds is 4. The Hall–Kier alpha value is -2.53. The third kappa shape index (κ3) is 2.63. The van der Waals surface area contributed by atoms with Gasteiger partial charge >= 0.3 is 0 Å². The Morgan fingerprint density at radius 1 is 1.23 bits per heavy atom. The molecular weight excluding hydrogens is 282 g/mol. The molecular formula is C17H17NO4. The van der Waals surface area contributed by atoms with Crippen LogP contribution in [0, 0.1) is 0 Å². The molecule has 0 bridgehead atoms. The van der Waals surface area contributed by atoms with Crippen LogP contribution in [-0.2, 0) is 21.7 Å². The van der Waals surface area contributed by atoms with Crippen LogP contribution in [0.25, 0.3) is 0 Å². The zero-order chi connectivity index (χ0) is 15.6. The van der Waals surface area contributed by atoms with Crippen molar-refractivity contribution in [1.82, 2.24) is 0 Å². The fourth-order valence-corrected chi connectivity index (χ4v) is 2.36. The van der Waals surface area contributed by atoms with Crippen molar-refractivity contribution in [1.29, 1.82) is 0 Å². The van der Waals surface area contributed by atoms with E-state index in [1.165, 1.54) is 0 Å². The number of nitrogens with two attached hydrogens (primary N) is 1. The first-order valence-corrected chi connectivity index (χ1v) is 6.97. The Bertz CT molecular complexity index is 686. The molecule has 22 heavy (non-hydrogen) atoms. The Kier molecular flexibility index (Phi) is 3.73. The fourth-order valence-electron chi connectivity index (χ4n) is 2.36. The number of amides is 1. The molecule has 1 aliphatic heterocycles. The standard InChI is InChI=1S/C17H17NO4/c1-17(16(18)19,22-14-5-3-2-4-6-14)13-7-8-15-12(9-13)10-20-11-21-15/h2-9H,10-11H2,1H3,(H2,18,19). The molecule has 0 fully saturated rings. The van der Waals surface area contributed by atoms with Gasteiger partial charge in [-0.25, -0.2) is 0 Å². The van der Waals surface area contributed by atoms with E-state index in [4.69, 9.17) is 19.9 Å². The summed E-state index contributed by atoms with van der Waals surface area (Å²) >= 11 is 0. The number of carbonyl (C=O) groups is 1. The molecule has 0 aliphatic carbocycles. The van der Waals surface area contributed by atoms with E-state index in [9.17, 15) is 4.79 Å². The smallest absolute Gasteiger partial charge is 0.266 e. The summed E-state index contributed by atoms with van der Waals surface area (Å²) < 4.78 is 16.5. The van der Waals surface area contributed by atoms with Crippen molar-refractivity contribution in [3.63, 3.8) is 0 Å². The minimum Gasteiger partial charge on any atom is -0.473 e. The van der Waals surface area contributed by atoms with Crippen molar-refractivity contribution >= 4 is 5.91 Å². The van der Waals surface area contributed by atoms with Gasteiger partial charge in [0.15, 0.2) is 6.79 Å². The number of hydrogen-bond acceptors (Lipinski definition) is 4. The molecule has 114 valence electrons. The topological polar surface area (TPSA) is 70.8 Å². The van der Waals surface area contributed by atoms with Gasteiger partial charge in [0.25, 0.3) is 5.91 Å². The molecule has 5 nitrogen and oxygen atoms in total. The van der Waals surface area contributed by atoms with Crippen molar-refractivity contribution in [3.05, 3.63) is 59.7 Å². The van der Waals surface area contributed by atoms with Gasteiger partial charge in [-0.1, -0.05) is 24.3 Å². The first-order chi connectivity index (χ1) is 10.6. The molecule has 1 unspecified atom stereocenters. The molecule has 0 saturated heterocycles. The highest BCUT2D eigenvalue weighted by Crippen LogP contribution is 2.32. The number of hydrogen-bond donors (Lipinski definition) is 1. The number of benzene rings is 2. The lowest BCUT2D eigenvalue weighted by atomic mass is 9.93. The molecule has 1 heterocycles. The SMILES string of the molecule is CC(Oc1ccccc1)(C(N)=O)c1ccc2c(c1)COCO2. The maximum atomic E-state index is 12.0. The third-order valence-electron chi connectivity index (χ3n) is 3.70. The van der Waals surface area contributed by atoms with Gasteiger partial charge in [0, 0.05) is 11.1 Å². The molecule has 1 atom stereocenters. The van der Waals surface area contributed by atoms with Gasteiger partial charge in [0.2, 0.25) is 5.60 Å². The van der Waals surface area contributed by atoms with Gasteiger partial charge in [0.05, 0.1) is 6.61 Å². The number of carbonyl (C=O) groups excluding carboxylic acids is 1. The van der Waals surface area contributed by atoms with Crippen LogP contribution in [0.2, 0.25) is 0 Å². The first kappa shape index (κ1) is 14.4. The maximum Gasteiger partial charge on any atom is 0.266 e. The van der Waals surface area contributed by atoms with E-state index >= 15 is 0 Å². The van der Waals surface area contributed by atoms with Crippen LogP contribution in [-0.4, -0.2) is 12.7 Å². The van der Waals surface area contributed by atoms with Crippen molar-refractivity contribution in [2.45, 2.75) is 19.1 Å². The van der Waals surface area contributed by atoms with E-state index in [1.54, 1.807) is 25.1 Å². The highest BCUT2D eigenvalue weighted by molar-refractivity contribution is 5.85. The lowest BCUT2D eigenvalue weighted by molar-refractivity contribution is -0.132. The normalized spacial score (nSPS) is 16.0. The quantitative estimate of drug-likeness (QED) is 0.940. The summed E-state index contributed by atoms with van der Waals surface area (Å²) in [5.74, 6) is 0.768. The summed E-state index contributed by atoms with van der Waals surface area (Å²) in [5, 5.41) is 0. The second kappa shape index (κ2) is 5.69. The number of ether oxygens (including phenoxy) is 3. The van der Waals surface area contributed by atoms with Gasteiger partial charge < -0.3 is 19.9 Å². The Labute approximate surface area is 128 Å². The summed E-state index contributed by atoms with van der Waals surface area (Å²) in [6.45, 7) is 2.33. The molecule has 1 amide bonds. The molecule has 2 aromatic rings. The van der Waals surface area contributed by atoms with Gasteiger partial charge in [-0.3, -0.25) is 4.79 Å². The Morgan fingerprint density at radius 2 is 2.00 bits per heavy atom. The van der Waals surface area contributed by atoms with Crippen LogP contribution < -0.4 is 15.2 Å². The number of para-hydroxylation sites is 1. The maximum absolute atomic E-state index is 12.0. The molecule has 5 heteroatoms. The van der Waals surface area contributed by atoms with E-state index < -0.39 is 11.5 Å². The lowest BCUT2D eigenvalue weighted by Gasteiger charge is -2.29. The second-order valence-corrected chi connectivity index (χ2v) is 5.25. The first-order valence-electron chi connectivity index (χ1n) is 6.97. The van der Waals surface area contributed by atoms with Crippen molar-refractivity contribution < 1.29 is 19.0 Å². The molecule has 0 aromatic heterocycles. The van der Waals surface area contributed by atoms with Crippen molar-refractivity contribution in [3.8, 4) is 11.5 Å². The highest BCUT2D eigenvalue weighted by Gasteiger charge is 2.36. The number of fused-ring (bicyclic) bond motifs is 1. The summed E-state index contributed by atoms with van der Waals surface area (Å²) in [5.41, 5.74) is 5.86. The van der Waals surface area contributed by atoms with Crippen molar-refractivity contribution in [2.24, 2.45) is 5.73 Å². The molecule has 0 saturated carbocycles. The van der Waals surface area contributed by atoms with Gasteiger partial charge in [-0.05, 0) is 31.2 Å².